The van der Waals surface area contributed by atoms with Crippen molar-refractivity contribution in [1.29, 1.82) is 0 Å². The van der Waals surface area contributed by atoms with Crippen LogP contribution in [0.1, 0.15) is 18.1 Å². The highest BCUT2D eigenvalue weighted by Crippen LogP contribution is 2.22. The lowest BCUT2D eigenvalue weighted by Gasteiger charge is -2.06. The van der Waals surface area contributed by atoms with Gasteiger partial charge in [-0.15, -0.1) is 11.8 Å². The third-order valence-corrected chi connectivity index (χ3v) is 4.39. The minimum Gasteiger partial charge on any atom is -0.508 e. The van der Waals surface area contributed by atoms with Crippen molar-refractivity contribution in [3.8, 4) is 11.5 Å². The van der Waals surface area contributed by atoms with Crippen LogP contribution in [-0.2, 0) is 10.5 Å². The van der Waals surface area contributed by atoms with Gasteiger partial charge in [0.05, 0.1) is 11.5 Å². The first-order chi connectivity index (χ1) is 11.5. The Labute approximate surface area is 149 Å². The zero-order chi connectivity index (χ0) is 17.5. The number of phenolic OH excluding ortho intramolecular Hbond substituents is 2. The average molecular weight is 365 g/mol. The van der Waals surface area contributed by atoms with Crippen molar-refractivity contribution >= 4 is 35.0 Å². The number of rotatable bonds is 6. The molecule has 0 aliphatic rings. The number of phenols is 2. The smallest absolute Gasteiger partial charge is 0.250 e. The normalized spacial score (nSPS) is 11.3. The lowest BCUT2D eigenvalue weighted by molar-refractivity contribution is -0.118. The molecule has 0 radical (unpaired) electrons. The zero-order valence-corrected chi connectivity index (χ0v) is 14.6. The Morgan fingerprint density at radius 3 is 2.62 bits per heavy atom. The zero-order valence-electron chi connectivity index (χ0n) is 13.0. The molecule has 2 aromatic rings. The van der Waals surface area contributed by atoms with Crippen LogP contribution in [0.3, 0.4) is 0 Å². The summed E-state index contributed by atoms with van der Waals surface area (Å²) >= 11 is 7.28. The molecule has 3 N–H and O–H groups in total. The third kappa shape index (κ3) is 5.47. The van der Waals surface area contributed by atoms with Crippen molar-refractivity contribution < 1.29 is 15.0 Å². The summed E-state index contributed by atoms with van der Waals surface area (Å²) in [6.07, 6.45) is 0. The average Bonchev–Trinajstić information content (AvgIpc) is 2.56. The lowest BCUT2D eigenvalue weighted by Crippen LogP contribution is -2.21. The first-order valence-corrected chi connectivity index (χ1v) is 8.66. The van der Waals surface area contributed by atoms with Crippen molar-refractivity contribution in [2.24, 2.45) is 5.10 Å². The summed E-state index contributed by atoms with van der Waals surface area (Å²) < 4.78 is 0. The standard InChI is InChI=1S/C17H17ClN2O3S/c1-11(15-8-14(21)6-7-16(15)22)19-20-17(23)10-24-9-12-2-4-13(18)5-3-12/h2-8,21-22H,9-10H2,1H3,(H,20,23)/b19-11+. The van der Waals surface area contributed by atoms with E-state index in [1.165, 1.54) is 30.0 Å². The largest absolute Gasteiger partial charge is 0.508 e. The molecule has 0 aliphatic carbocycles. The van der Waals surface area contributed by atoms with Gasteiger partial charge in [0, 0.05) is 16.3 Å². The van der Waals surface area contributed by atoms with E-state index in [9.17, 15) is 15.0 Å². The number of hydrogen-bond donors (Lipinski definition) is 3. The van der Waals surface area contributed by atoms with Crippen molar-refractivity contribution in [2.45, 2.75) is 12.7 Å². The van der Waals surface area contributed by atoms with Gasteiger partial charge in [0.25, 0.3) is 0 Å². The molecule has 2 rings (SSSR count). The van der Waals surface area contributed by atoms with E-state index in [2.05, 4.69) is 10.5 Å². The van der Waals surface area contributed by atoms with E-state index in [-0.39, 0.29) is 23.2 Å². The molecule has 0 spiro atoms. The maximum absolute atomic E-state index is 11.8. The summed E-state index contributed by atoms with van der Waals surface area (Å²) in [7, 11) is 0. The number of nitrogens with zero attached hydrogens (tertiary/aromatic N) is 1. The van der Waals surface area contributed by atoms with Crippen LogP contribution >= 0.6 is 23.4 Å². The summed E-state index contributed by atoms with van der Waals surface area (Å²) in [5.74, 6) is 0.710. The molecule has 126 valence electrons. The van der Waals surface area contributed by atoms with Crippen LogP contribution in [0.5, 0.6) is 11.5 Å². The van der Waals surface area contributed by atoms with Gasteiger partial charge in [0.1, 0.15) is 11.5 Å². The van der Waals surface area contributed by atoms with Crippen LogP contribution in [-0.4, -0.2) is 27.6 Å². The van der Waals surface area contributed by atoms with Gasteiger partial charge in [-0.1, -0.05) is 23.7 Å². The predicted molar refractivity (Wildman–Crippen MR) is 97.7 cm³/mol. The van der Waals surface area contributed by atoms with Crippen LogP contribution < -0.4 is 5.43 Å². The Balaban J connectivity index is 1.83. The Kier molecular flexibility index (Phi) is 6.52. The number of hydrazone groups is 1. The maximum Gasteiger partial charge on any atom is 0.250 e. The van der Waals surface area contributed by atoms with Crippen LogP contribution in [0, 0.1) is 0 Å². The monoisotopic (exact) mass is 364 g/mol. The highest BCUT2D eigenvalue weighted by Gasteiger charge is 2.07. The van der Waals surface area contributed by atoms with Crippen molar-refractivity contribution in [3.63, 3.8) is 0 Å². The molecule has 0 heterocycles. The predicted octanol–water partition coefficient (Wildman–Crippen LogP) is 3.52. The summed E-state index contributed by atoms with van der Waals surface area (Å²) in [6, 6.07) is 11.6. The van der Waals surface area contributed by atoms with Gasteiger partial charge in [-0.3, -0.25) is 4.79 Å². The number of benzene rings is 2. The number of aromatic hydroxyl groups is 2. The maximum atomic E-state index is 11.8. The van der Waals surface area contributed by atoms with Gasteiger partial charge >= 0.3 is 0 Å². The van der Waals surface area contributed by atoms with Gasteiger partial charge in [0.2, 0.25) is 5.91 Å². The molecule has 24 heavy (non-hydrogen) atoms. The van der Waals surface area contributed by atoms with Crippen LogP contribution in [0.2, 0.25) is 5.02 Å². The molecule has 0 fully saturated rings. The summed E-state index contributed by atoms with van der Waals surface area (Å²) in [5.41, 5.74) is 4.29. The summed E-state index contributed by atoms with van der Waals surface area (Å²) in [4.78, 5) is 11.8. The second kappa shape index (κ2) is 8.61. The SMILES string of the molecule is C/C(=N\NC(=O)CSCc1ccc(Cl)cc1)c1cc(O)ccc1O. The molecule has 0 aromatic heterocycles. The quantitative estimate of drug-likeness (QED) is 0.416. The van der Waals surface area contributed by atoms with Gasteiger partial charge in [-0.2, -0.15) is 5.10 Å². The van der Waals surface area contributed by atoms with Gasteiger partial charge < -0.3 is 10.2 Å². The molecule has 0 saturated carbocycles. The fraction of sp³-hybridized carbons (Fsp3) is 0.176. The van der Waals surface area contributed by atoms with Gasteiger partial charge in [0.15, 0.2) is 0 Å². The number of carbonyl (C=O) groups is 1. The molecule has 2 aromatic carbocycles. The second-order valence-electron chi connectivity index (χ2n) is 5.05. The number of thioether (sulfide) groups is 1. The number of halogens is 1. The molecular weight excluding hydrogens is 348 g/mol. The van der Waals surface area contributed by atoms with Crippen LogP contribution in [0.15, 0.2) is 47.6 Å². The van der Waals surface area contributed by atoms with Gasteiger partial charge in [-0.25, -0.2) is 5.43 Å². The Morgan fingerprint density at radius 2 is 1.92 bits per heavy atom. The van der Waals surface area contributed by atoms with E-state index in [0.717, 1.165) is 5.56 Å². The molecule has 0 atom stereocenters. The van der Waals surface area contributed by atoms with E-state index in [1.807, 2.05) is 24.3 Å². The summed E-state index contributed by atoms with van der Waals surface area (Å²) in [5, 5.41) is 23.8. The van der Waals surface area contributed by atoms with E-state index < -0.39 is 0 Å². The molecule has 7 heteroatoms. The van der Waals surface area contributed by atoms with Crippen molar-refractivity contribution in [2.75, 3.05) is 5.75 Å². The highest BCUT2D eigenvalue weighted by atomic mass is 35.5. The minimum atomic E-state index is -0.243. The fourth-order valence-corrected chi connectivity index (χ4v) is 2.80. The van der Waals surface area contributed by atoms with E-state index >= 15 is 0 Å². The molecule has 1 amide bonds. The second-order valence-corrected chi connectivity index (χ2v) is 6.47. The van der Waals surface area contributed by atoms with E-state index in [0.29, 0.717) is 22.1 Å². The molecule has 0 unspecified atom stereocenters. The number of carbonyl (C=O) groups excluding carboxylic acids is 1. The first-order valence-electron chi connectivity index (χ1n) is 7.13. The number of nitrogens with one attached hydrogen (secondary N) is 1. The minimum absolute atomic E-state index is 0.0135. The first kappa shape index (κ1) is 18.2. The third-order valence-electron chi connectivity index (χ3n) is 3.13. The molecule has 5 nitrogen and oxygen atoms in total. The Morgan fingerprint density at radius 1 is 1.21 bits per heavy atom. The topological polar surface area (TPSA) is 81.9 Å². The molecule has 0 bridgehead atoms. The lowest BCUT2D eigenvalue weighted by atomic mass is 10.1. The fourth-order valence-electron chi connectivity index (χ4n) is 1.89. The van der Waals surface area contributed by atoms with E-state index in [1.54, 1.807) is 6.92 Å². The summed E-state index contributed by atoms with van der Waals surface area (Å²) in [6.45, 7) is 1.63. The molecular formula is C17H17ClN2O3S. The van der Waals surface area contributed by atoms with Crippen molar-refractivity contribution in [1.82, 2.24) is 5.43 Å². The Hall–Kier alpha value is -2.18. The van der Waals surface area contributed by atoms with Crippen LogP contribution in [0.25, 0.3) is 0 Å². The number of amides is 1. The van der Waals surface area contributed by atoms with Crippen molar-refractivity contribution in [3.05, 3.63) is 58.6 Å². The molecule has 0 saturated heterocycles. The van der Waals surface area contributed by atoms with Gasteiger partial charge in [-0.05, 0) is 42.8 Å². The van der Waals surface area contributed by atoms with E-state index in [4.69, 9.17) is 11.6 Å². The highest BCUT2D eigenvalue weighted by molar-refractivity contribution is 7.99. The van der Waals surface area contributed by atoms with Crippen LogP contribution in [0.4, 0.5) is 0 Å². The number of hydrogen-bond acceptors (Lipinski definition) is 5. The Bertz CT molecular complexity index is 748. The molecule has 0 aliphatic heterocycles.